The van der Waals surface area contributed by atoms with Gasteiger partial charge in [-0.05, 0) is 11.6 Å². The van der Waals surface area contributed by atoms with Crippen LogP contribution in [0.25, 0.3) is 20.5 Å². The largest absolute Gasteiger partial charge is 0.505 e. The lowest BCUT2D eigenvalue weighted by Crippen LogP contribution is -2.09. The van der Waals surface area contributed by atoms with Crippen molar-refractivity contribution in [2.45, 2.75) is 0 Å². The van der Waals surface area contributed by atoms with Crippen LogP contribution in [0.5, 0.6) is 5.75 Å². The minimum atomic E-state index is -0.672. The number of thiol groups is 1. The van der Waals surface area contributed by atoms with Crippen LogP contribution in [0.4, 0.5) is 0 Å². The molecule has 3 rings (SSSR count). The minimum absolute atomic E-state index is 0.178. The maximum absolute atomic E-state index is 12.0. The summed E-state index contributed by atoms with van der Waals surface area (Å²) < 4.78 is 0.389. The van der Waals surface area contributed by atoms with E-state index < -0.39 is 10.7 Å². The summed E-state index contributed by atoms with van der Waals surface area (Å²) in [4.78, 5) is 26.4. The summed E-state index contributed by atoms with van der Waals surface area (Å²) in [7, 11) is 0. The fourth-order valence-corrected chi connectivity index (χ4v) is 3.22. The van der Waals surface area contributed by atoms with Crippen molar-refractivity contribution >= 4 is 39.2 Å². The lowest BCUT2D eigenvalue weighted by molar-refractivity contribution is 0.108. The predicted octanol–water partition coefficient (Wildman–Crippen LogP) is 3.03. The van der Waals surface area contributed by atoms with Gasteiger partial charge < -0.3 is 10.1 Å². The van der Waals surface area contributed by atoms with E-state index in [0.29, 0.717) is 10.1 Å². The first-order valence-electron chi connectivity index (χ1n) is 5.75. The molecule has 0 unspecified atom stereocenters. The molecular formula is C14H9NO3S2. The van der Waals surface area contributed by atoms with Crippen LogP contribution in [0, 0.1) is 0 Å². The third kappa shape index (κ3) is 2.03. The fourth-order valence-electron chi connectivity index (χ4n) is 2.00. The molecule has 6 heteroatoms. The minimum Gasteiger partial charge on any atom is -0.505 e. The first kappa shape index (κ1) is 13.0. The number of aromatic hydroxyl groups is 1. The van der Waals surface area contributed by atoms with Gasteiger partial charge in [0.15, 0.2) is 5.75 Å². The molecule has 0 fully saturated rings. The molecule has 3 aromatic rings. The van der Waals surface area contributed by atoms with Crippen LogP contribution in [0.15, 0.2) is 41.2 Å². The number of hydrogen-bond acceptors (Lipinski definition) is 4. The standard InChI is InChI=1S/C14H9NO3S2/c16-11-8-6-9(7-4-2-1-3-5-7)20-12(8)13(17)15-10(11)14(18)19/h1-6,16H,(H,15,17)(H,18,19). The van der Waals surface area contributed by atoms with Gasteiger partial charge in [0.05, 0.1) is 0 Å². The number of rotatable bonds is 2. The van der Waals surface area contributed by atoms with Crippen molar-refractivity contribution in [2.75, 3.05) is 0 Å². The molecule has 4 nitrogen and oxygen atoms in total. The molecular weight excluding hydrogens is 294 g/mol. The molecule has 20 heavy (non-hydrogen) atoms. The first-order chi connectivity index (χ1) is 9.58. The average Bonchev–Trinajstić information content (AvgIpc) is 2.89. The smallest absolute Gasteiger partial charge is 0.266 e. The SMILES string of the molecule is O=C(S)c1[nH]c(=O)c2sc(-c3ccccc3)cc2c1O. The van der Waals surface area contributed by atoms with Crippen LogP contribution in [0.3, 0.4) is 0 Å². The maximum Gasteiger partial charge on any atom is 0.266 e. The third-order valence-corrected chi connectivity index (χ3v) is 4.35. The van der Waals surface area contributed by atoms with E-state index >= 15 is 0 Å². The molecule has 0 bridgehead atoms. The summed E-state index contributed by atoms with van der Waals surface area (Å²) in [5, 5.41) is 9.77. The maximum atomic E-state index is 12.0. The number of pyridine rings is 1. The highest BCUT2D eigenvalue weighted by Crippen LogP contribution is 2.36. The van der Waals surface area contributed by atoms with Crippen molar-refractivity contribution in [3.05, 3.63) is 52.4 Å². The number of nitrogens with one attached hydrogen (secondary N) is 1. The van der Waals surface area contributed by atoms with Gasteiger partial charge in [-0.1, -0.05) is 43.0 Å². The van der Waals surface area contributed by atoms with Crippen molar-refractivity contribution in [3.63, 3.8) is 0 Å². The van der Waals surface area contributed by atoms with Crippen LogP contribution in [-0.2, 0) is 0 Å². The molecule has 2 N–H and O–H groups in total. The van der Waals surface area contributed by atoms with Crippen LogP contribution >= 0.6 is 24.0 Å². The number of aromatic nitrogens is 1. The van der Waals surface area contributed by atoms with E-state index in [1.807, 2.05) is 30.3 Å². The Balaban J connectivity index is 2.32. The molecule has 0 aliphatic carbocycles. The Morgan fingerprint density at radius 3 is 2.60 bits per heavy atom. The number of carbonyl (C=O) groups is 1. The van der Waals surface area contributed by atoms with E-state index in [2.05, 4.69) is 17.6 Å². The van der Waals surface area contributed by atoms with Gasteiger partial charge in [-0.15, -0.1) is 11.3 Å². The summed E-state index contributed by atoms with van der Waals surface area (Å²) in [5.41, 5.74) is 0.372. The van der Waals surface area contributed by atoms with Crippen LogP contribution in [0.2, 0.25) is 0 Å². The van der Waals surface area contributed by atoms with Crippen molar-refractivity contribution < 1.29 is 9.90 Å². The Morgan fingerprint density at radius 1 is 1.25 bits per heavy atom. The van der Waals surface area contributed by atoms with Crippen LogP contribution in [-0.4, -0.2) is 15.2 Å². The molecule has 0 aliphatic heterocycles. The highest BCUT2D eigenvalue weighted by Gasteiger charge is 2.17. The predicted molar refractivity (Wildman–Crippen MR) is 82.9 cm³/mol. The lowest BCUT2D eigenvalue weighted by atomic mass is 10.1. The number of hydrogen-bond donors (Lipinski definition) is 3. The number of aromatic amines is 1. The zero-order chi connectivity index (χ0) is 14.3. The first-order valence-corrected chi connectivity index (χ1v) is 7.02. The summed E-state index contributed by atoms with van der Waals surface area (Å²) in [6.45, 7) is 0. The summed E-state index contributed by atoms with van der Waals surface area (Å²) in [6.07, 6.45) is 0. The van der Waals surface area contributed by atoms with Gasteiger partial charge in [0.1, 0.15) is 10.4 Å². The molecule has 0 spiro atoms. The summed E-state index contributed by atoms with van der Waals surface area (Å²) >= 11 is 4.91. The number of carbonyl (C=O) groups excluding carboxylic acids is 1. The van der Waals surface area contributed by atoms with Crippen molar-refractivity contribution in [1.82, 2.24) is 4.98 Å². The van der Waals surface area contributed by atoms with Crippen LogP contribution in [0.1, 0.15) is 10.5 Å². The van der Waals surface area contributed by atoms with E-state index in [1.165, 1.54) is 11.3 Å². The molecule has 2 heterocycles. The second-order valence-electron chi connectivity index (χ2n) is 4.20. The summed E-state index contributed by atoms with van der Waals surface area (Å²) in [5.74, 6) is -0.238. The van der Waals surface area contributed by atoms with E-state index in [1.54, 1.807) is 6.07 Å². The third-order valence-electron chi connectivity index (χ3n) is 2.94. The Bertz CT molecular complexity index is 865. The summed E-state index contributed by atoms with van der Waals surface area (Å²) in [6, 6.07) is 11.2. The Labute approximate surface area is 123 Å². The molecule has 0 amide bonds. The Hall–Kier alpha value is -2.05. The van der Waals surface area contributed by atoms with Gasteiger partial charge in [-0.25, -0.2) is 0 Å². The van der Waals surface area contributed by atoms with E-state index in [9.17, 15) is 14.7 Å². The Morgan fingerprint density at radius 2 is 1.95 bits per heavy atom. The highest BCUT2D eigenvalue weighted by molar-refractivity contribution is 7.97. The van der Waals surface area contributed by atoms with Gasteiger partial charge in [0, 0.05) is 10.3 Å². The number of fused-ring (bicyclic) bond motifs is 1. The quantitative estimate of drug-likeness (QED) is 0.637. The molecule has 0 saturated heterocycles. The molecule has 0 atom stereocenters. The molecule has 0 radical (unpaired) electrons. The highest BCUT2D eigenvalue weighted by atomic mass is 32.1. The van der Waals surface area contributed by atoms with Gasteiger partial charge in [0.25, 0.3) is 5.56 Å². The molecule has 1 aromatic carbocycles. The molecule has 2 aromatic heterocycles. The average molecular weight is 303 g/mol. The van der Waals surface area contributed by atoms with Gasteiger partial charge in [-0.2, -0.15) is 0 Å². The van der Waals surface area contributed by atoms with Gasteiger partial charge >= 0.3 is 0 Å². The second kappa shape index (κ2) is 4.81. The van der Waals surface area contributed by atoms with Crippen LogP contribution < -0.4 is 5.56 Å². The lowest BCUT2D eigenvalue weighted by Gasteiger charge is -2.00. The number of H-pyrrole nitrogens is 1. The zero-order valence-electron chi connectivity index (χ0n) is 10.1. The molecule has 100 valence electrons. The number of benzene rings is 1. The van der Waals surface area contributed by atoms with E-state index in [4.69, 9.17) is 0 Å². The van der Waals surface area contributed by atoms with Gasteiger partial charge in [-0.3, -0.25) is 9.59 Å². The van der Waals surface area contributed by atoms with Gasteiger partial charge in [0.2, 0.25) is 5.12 Å². The van der Waals surface area contributed by atoms with E-state index in [-0.39, 0.29) is 11.4 Å². The monoisotopic (exact) mass is 303 g/mol. The van der Waals surface area contributed by atoms with Crippen molar-refractivity contribution in [2.24, 2.45) is 0 Å². The van der Waals surface area contributed by atoms with Crippen molar-refractivity contribution in [3.8, 4) is 16.2 Å². The molecule has 0 saturated carbocycles. The van der Waals surface area contributed by atoms with Crippen molar-refractivity contribution in [1.29, 1.82) is 0 Å². The van der Waals surface area contributed by atoms with E-state index in [0.717, 1.165) is 10.4 Å². The zero-order valence-corrected chi connectivity index (χ0v) is 11.8. The normalized spacial score (nSPS) is 10.8. The topological polar surface area (TPSA) is 70.2 Å². The fraction of sp³-hybridized carbons (Fsp3) is 0. The number of thiophene rings is 1. The molecule has 0 aliphatic rings. The Kier molecular flexibility index (Phi) is 3.11. The second-order valence-corrected chi connectivity index (χ2v) is 5.66.